The van der Waals surface area contributed by atoms with Crippen molar-refractivity contribution < 1.29 is 14.6 Å². The molecule has 1 saturated heterocycles. The topological polar surface area (TPSA) is 61.8 Å². The lowest BCUT2D eigenvalue weighted by Gasteiger charge is -2.31. The molecule has 1 aliphatic heterocycles. The molecule has 0 bridgehead atoms. The summed E-state index contributed by atoms with van der Waals surface area (Å²) in [6.07, 6.45) is 4.05. The fourth-order valence-electron chi connectivity index (χ4n) is 2.56. The van der Waals surface area contributed by atoms with Gasteiger partial charge in [0, 0.05) is 30.9 Å². The van der Waals surface area contributed by atoms with Crippen molar-refractivity contribution in [1.29, 1.82) is 0 Å². The van der Waals surface area contributed by atoms with E-state index in [9.17, 15) is 9.90 Å². The fourth-order valence-corrected chi connectivity index (χ4v) is 2.56. The van der Waals surface area contributed by atoms with E-state index in [0.717, 1.165) is 38.0 Å². The van der Waals surface area contributed by atoms with Crippen LogP contribution in [0.5, 0.6) is 0 Å². The highest BCUT2D eigenvalue weighted by atomic mass is 16.5. The van der Waals surface area contributed by atoms with Crippen LogP contribution in [0.3, 0.4) is 0 Å². The molecule has 0 aromatic heterocycles. The largest absolute Gasteiger partial charge is 0.393 e. The number of ether oxygens (including phenoxy) is 1. The SMILES string of the molecule is C=CCCOCCNC(=O)c1ccc(N2CCC(O)CC2)cc1. The van der Waals surface area contributed by atoms with E-state index >= 15 is 0 Å². The molecule has 1 fully saturated rings. The third kappa shape index (κ3) is 5.69. The standard InChI is InChI=1S/C18H26N2O3/c1-2-3-13-23-14-10-19-18(22)15-4-6-16(7-5-15)20-11-8-17(21)9-12-20/h2,4-7,17,21H,1,3,8-14H2,(H,19,22). The molecule has 2 rings (SSSR count). The zero-order valence-electron chi connectivity index (χ0n) is 13.5. The predicted octanol–water partition coefficient (Wildman–Crippen LogP) is 1.97. The van der Waals surface area contributed by atoms with E-state index in [4.69, 9.17) is 4.74 Å². The summed E-state index contributed by atoms with van der Waals surface area (Å²) in [6, 6.07) is 7.61. The maximum Gasteiger partial charge on any atom is 0.251 e. The van der Waals surface area contributed by atoms with E-state index in [1.165, 1.54) is 0 Å². The number of carbonyl (C=O) groups is 1. The van der Waals surface area contributed by atoms with E-state index in [1.54, 1.807) is 0 Å². The number of hydrogen-bond acceptors (Lipinski definition) is 4. The van der Waals surface area contributed by atoms with Crippen molar-refractivity contribution in [1.82, 2.24) is 5.32 Å². The van der Waals surface area contributed by atoms with Gasteiger partial charge in [-0.1, -0.05) is 6.08 Å². The maximum absolute atomic E-state index is 12.0. The van der Waals surface area contributed by atoms with Crippen LogP contribution in [0, 0.1) is 0 Å². The van der Waals surface area contributed by atoms with Gasteiger partial charge in [-0.3, -0.25) is 4.79 Å². The highest BCUT2D eigenvalue weighted by molar-refractivity contribution is 5.94. The predicted molar refractivity (Wildman–Crippen MR) is 91.9 cm³/mol. The van der Waals surface area contributed by atoms with E-state index < -0.39 is 0 Å². The third-order valence-corrected chi connectivity index (χ3v) is 3.96. The molecule has 0 unspecified atom stereocenters. The number of piperidine rings is 1. The molecule has 0 radical (unpaired) electrons. The zero-order valence-corrected chi connectivity index (χ0v) is 13.5. The summed E-state index contributed by atoms with van der Waals surface area (Å²) in [5.74, 6) is -0.0852. The second kappa shape index (κ2) is 9.33. The number of anilines is 1. The Kier molecular flexibility index (Phi) is 7.10. The molecule has 2 N–H and O–H groups in total. The summed E-state index contributed by atoms with van der Waals surface area (Å²) in [5, 5.41) is 12.4. The number of amides is 1. The molecule has 126 valence electrons. The van der Waals surface area contributed by atoms with Crippen LogP contribution in [0.15, 0.2) is 36.9 Å². The van der Waals surface area contributed by atoms with Gasteiger partial charge in [0.1, 0.15) is 0 Å². The van der Waals surface area contributed by atoms with Crippen LogP contribution >= 0.6 is 0 Å². The van der Waals surface area contributed by atoms with Gasteiger partial charge in [-0.2, -0.15) is 0 Å². The first-order valence-corrected chi connectivity index (χ1v) is 8.20. The summed E-state index contributed by atoms with van der Waals surface area (Å²) < 4.78 is 5.35. The van der Waals surface area contributed by atoms with Crippen LogP contribution in [0.1, 0.15) is 29.6 Å². The van der Waals surface area contributed by atoms with Crippen LogP contribution in [0.4, 0.5) is 5.69 Å². The highest BCUT2D eigenvalue weighted by Gasteiger charge is 2.17. The second-order valence-corrected chi connectivity index (χ2v) is 5.71. The van der Waals surface area contributed by atoms with Crippen molar-refractivity contribution in [2.45, 2.75) is 25.4 Å². The van der Waals surface area contributed by atoms with Gasteiger partial charge in [-0.15, -0.1) is 6.58 Å². The molecule has 1 heterocycles. The summed E-state index contributed by atoms with van der Waals surface area (Å²) in [5.41, 5.74) is 1.75. The summed E-state index contributed by atoms with van der Waals surface area (Å²) in [7, 11) is 0. The Morgan fingerprint density at radius 1 is 1.30 bits per heavy atom. The molecule has 0 saturated carbocycles. The van der Waals surface area contributed by atoms with Gasteiger partial charge in [-0.05, 0) is 43.5 Å². The first-order valence-electron chi connectivity index (χ1n) is 8.20. The van der Waals surface area contributed by atoms with Gasteiger partial charge in [0.2, 0.25) is 0 Å². The molecule has 23 heavy (non-hydrogen) atoms. The number of rotatable bonds is 8. The molecule has 0 aliphatic carbocycles. The van der Waals surface area contributed by atoms with Crippen LogP contribution in [0.25, 0.3) is 0 Å². The number of benzene rings is 1. The minimum Gasteiger partial charge on any atom is -0.393 e. The molecule has 5 nitrogen and oxygen atoms in total. The van der Waals surface area contributed by atoms with Crippen molar-refractivity contribution >= 4 is 11.6 Å². The fraction of sp³-hybridized carbons (Fsp3) is 0.500. The molecule has 1 aromatic rings. The molecule has 1 aromatic carbocycles. The number of hydrogen-bond donors (Lipinski definition) is 2. The number of aliphatic hydroxyl groups excluding tert-OH is 1. The third-order valence-electron chi connectivity index (χ3n) is 3.96. The van der Waals surface area contributed by atoms with Gasteiger partial charge >= 0.3 is 0 Å². The average Bonchev–Trinajstić information content (AvgIpc) is 2.58. The van der Waals surface area contributed by atoms with Crippen molar-refractivity contribution in [3.05, 3.63) is 42.5 Å². The lowest BCUT2D eigenvalue weighted by molar-refractivity contribution is 0.0918. The lowest BCUT2D eigenvalue weighted by Crippen LogP contribution is -2.35. The van der Waals surface area contributed by atoms with E-state index in [2.05, 4.69) is 16.8 Å². The number of nitrogens with zero attached hydrogens (tertiary/aromatic N) is 1. The van der Waals surface area contributed by atoms with Gasteiger partial charge < -0.3 is 20.1 Å². The average molecular weight is 318 g/mol. The quantitative estimate of drug-likeness (QED) is 0.568. The summed E-state index contributed by atoms with van der Waals surface area (Å²) in [4.78, 5) is 14.3. The van der Waals surface area contributed by atoms with Gasteiger partial charge in [0.25, 0.3) is 5.91 Å². The Labute approximate surface area is 137 Å². The van der Waals surface area contributed by atoms with Gasteiger partial charge in [0.05, 0.1) is 19.3 Å². The van der Waals surface area contributed by atoms with Crippen LogP contribution in [-0.4, -0.2) is 50.0 Å². The smallest absolute Gasteiger partial charge is 0.251 e. The molecule has 1 aliphatic rings. The van der Waals surface area contributed by atoms with Crippen LogP contribution < -0.4 is 10.2 Å². The Hall–Kier alpha value is -1.85. The van der Waals surface area contributed by atoms with Gasteiger partial charge in [-0.25, -0.2) is 0 Å². The Bertz CT molecular complexity index is 493. The first kappa shape index (κ1) is 17.5. The van der Waals surface area contributed by atoms with Crippen molar-refractivity contribution in [3.63, 3.8) is 0 Å². The van der Waals surface area contributed by atoms with Crippen molar-refractivity contribution in [2.24, 2.45) is 0 Å². The Balaban J connectivity index is 1.75. The molecular weight excluding hydrogens is 292 g/mol. The molecule has 0 spiro atoms. The van der Waals surface area contributed by atoms with E-state index in [0.29, 0.717) is 25.3 Å². The maximum atomic E-state index is 12.0. The number of aliphatic hydroxyl groups is 1. The lowest BCUT2D eigenvalue weighted by atomic mass is 10.1. The summed E-state index contributed by atoms with van der Waals surface area (Å²) in [6.45, 7) is 6.98. The Morgan fingerprint density at radius 2 is 2.00 bits per heavy atom. The number of carbonyl (C=O) groups excluding carboxylic acids is 1. The highest BCUT2D eigenvalue weighted by Crippen LogP contribution is 2.20. The number of nitrogens with one attached hydrogen (secondary N) is 1. The minimum atomic E-state index is -0.176. The second-order valence-electron chi connectivity index (χ2n) is 5.71. The summed E-state index contributed by atoms with van der Waals surface area (Å²) >= 11 is 0. The Morgan fingerprint density at radius 3 is 2.65 bits per heavy atom. The van der Waals surface area contributed by atoms with E-state index in [-0.39, 0.29) is 12.0 Å². The molecular formula is C18H26N2O3. The van der Waals surface area contributed by atoms with Crippen molar-refractivity contribution in [2.75, 3.05) is 37.7 Å². The van der Waals surface area contributed by atoms with Gasteiger partial charge in [0.15, 0.2) is 0 Å². The normalized spacial score (nSPS) is 15.4. The minimum absolute atomic E-state index is 0.0852. The monoisotopic (exact) mass is 318 g/mol. The molecule has 0 atom stereocenters. The van der Waals surface area contributed by atoms with E-state index in [1.807, 2.05) is 30.3 Å². The van der Waals surface area contributed by atoms with Crippen LogP contribution in [0.2, 0.25) is 0 Å². The molecule has 1 amide bonds. The molecule has 5 heteroatoms. The first-order chi connectivity index (χ1) is 11.2. The zero-order chi connectivity index (χ0) is 16.5. The van der Waals surface area contributed by atoms with Crippen molar-refractivity contribution in [3.8, 4) is 0 Å². The van der Waals surface area contributed by atoms with Crippen LogP contribution in [-0.2, 0) is 4.74 Å².